The van der Waals surface area contributed by atoms with Gasteiger partial charge in [0.1, 0.15) is 0 Å². The number of hydrogen-bond acceptors (Lipinski definition) is 1. The fraction of sp³-hybridized carbons (Fsp3) is 0.727. The lowest BCUT2D eigenvalue weighted by atomic mass is 9.98. The van der Waals surface area contributed by atoms with E-state index in [1.165, 1.54) is 12.8 Å². The zero-order chi connectivity index (χ0) is 9.68. The quantitative estimate of drug-likeness (QED) is 0.515. The third kappa shape index (κ3) is 3.95. The molecule has 1 aliphatic rings. The number of nitriles is 1. The summed E-state index contributed by atoms with van der Waals surface area (Å²) in [5, 5.41) is 8.89. The number of nitrogens with zero attached hydrogens (tertiary/aromatic N) is 1. The lowest BCUT2D eigenvalue weighted by Crippen LogP contribution is -2.04. The molecule has 0 aliphatic heterocycles. The van der Waals surface area contributed by atoms with E-state index in [0.717, 1.165) is 19.3 Å². The van der Waals surface area contributed by atoms with Gasteiger partial charge < -0.3 is 0 Å². The van der Waals surface area contributed by atoms with Crippen molar-refractivity contribution in [2.75, 3.05) is 0 Å². The van der Waals surface area contributed by atoms with Crippen LogP contribution < -0.4 is 0 Å². The van der Waals surface area contributed by atoms with Crippen LogP contribution in [0, 0.1) is 23.2 Å². The van der Waals surface area contributed by atoms with E-state index in [2.05, 4.69) is 28.6 Å². The van der Waals surface area contributed by atoms with E-state index >= 15 is 0 Å². The Labute approximate surface area is 89.0 Å². The van der Waals surface area contributed by atoms with Gasteiger partial charge in [-0.2, -0.15) is 5.26 Å². The first-order valence-corrected chi connectivity index (χ1v) is 5.84. The Kier molecular flexibility index (Phi) is 4.52. The fourth-order valence-corrected chi connectivity index (χ4v) is 2.09. The van der Waals surface area contributed by atoms with Gasteiger partial charge in [-0.15, -0.1) is 6.58 Å². The molecule has 2 unspecified atom stereocenters. The van der Waals surface area contributed by atoms with Gasteiger partial charge in [-0.25, -0.2) is 0 Å². The van der Waals surface area contributed by atoms with Crippen molar-refractivity contribution in [3.63, 3.8) is 0 Å². The summed E-state index contributed by atoms with van der Waals surface area (Å²) in [6.07, 6.45) is 7.62. The Hall–Kier alpha value is -0.290. The first-order chi connectivity index (χ1) is 6.27. The number of rotatable bonds is 6. The van der Waals surface area contributed by atoms with Crippen molar-refractivity contribution >= 4 is 15.9 Å². The molecular formula is C11H16BrN. The van der Waals surface area contributed by atoms with Gasteiger partial charge in [0.05, 0.1) is 6.07 Å². The van der Waals surface area contributed by atoms with Crippen molar-refractivity contribution in [2.24, 2.45) is 11.8 Å². The Balaban J connectivity index is 2.15. The second-order valence-electron chi connectivity index (χ2n) is 3.77. The molecule has 1 nitrogen and oxygen atoms in total. The van der Waals surface area contributed by atoms with Crippen molar-refractivity contribution in [2.45, 2.75) is 36.9 Å². The Bertz CT molecular complexity index is 203. The summed E-state index contributed by atoms with van der Waals surface area (Å²) in [7, 11) is 0. The van der Waals surface area contributed by atoms with Crippen LogP contribution in [0.5, 0.6) is 0 Å². The molecule has 72 valence electrons. The van der Waals surface area contributed by atoms with Crippen LogP contribution in [0.3, 0.4) is 0 Å². The van der Waals surface area contributed by atoms with Gasteiger partial charge in [0.25, 0.3) is 0 Å². The smallest absolute Gasteiger partial charge is 0.0658 e. The maximum Gasteiger partial charge on any atom is 0.0658 e. The van der Waals surface area contributed by atoms with Crippen molar-refractivity contribution in [3.8, 4) is 6.07 Å². The van der Waals surface area contributed by atoms with Gasteiger partial charge in [0.2, 0.25) is 0 Å². The average molecular weight is 242 g/mol. The molecule has 1 rings (SSSR count). The first kappa shape index (κ1) is 10.8. The van der Waals surface area contributed by atoms with E-state index in [0.29, 0.717) is 16.7 Å². The summed E-state index contributed by atoms with van der Waals surface area (Å²) in [6.45, 7) is 3.70. The predicted octanol–water partition coefficient (Wildman–Crippen LogP) is 3.66. The summed E-state index contributed by atoms with van der Waals surface area (Å²) < 4.78 is 0. The average Bonchev–Trinajstić information content (AvgIpc) is 2.90. The molecule has 2 heteroatoms. The van der Waals surface area contributed by atoms with Crippen LogP contribution in [-0.4, -0.2) is 4.83 Å². The minimum Gasteiger partial charge on any atom is -0.198 e. The van der Waals surface area contributed by atoms with Crippen molar-refractivity contribution in [1.29, 1.82) is 5.26 Å². The lowest BCUT2D eigenvalue weighted by Gasteiger charge is -2.10. The third-order valence-corrected chi connectivity index (χ3v) is 3.40. The highest BCUT2D eigenvalue weighted by Crippen LogP contribution is 2.39. The van der Waals surface area contributed by atoms with Gasteiger partial charge in [0, 0.05) is 10.7 Å². The molecular weight excluding hydrogens is 226 g/mol. The van der Waals surface area contributed by atoms with Crippen LogP contribution in [0.4, 0.5) is 0 Å². The number of alkyl halides is 1. The Morgan fingerprint density at radius 2 is 2.23 bits per heavy atom. The maximum atomic E-state index is 8.89. The summed E-state index contributed by atoms with van der Waals surface area (Å²) >= 11 is 3.58. The van der Waals surface area contributed by atoms with Crippen molar-refractivity contribution in [1.82, 2.24) is 0 Å². The summed E-state index contributed by atoms with van der Waals surface area (Å²) in [5.74, 6) is 1.03. The van der Waals surface area contributed by atoms with Gasteiger partial charge >= 0.3 is 0 Å². The molecule has 0 aromatic rings. The van der Waals surface area contributed by atoms with Gasteiger partial charge in [-0.05, 0) is 38.0 Å². The molecule has 0 radical (unpaired) electrons. The molecule has 0 heterocycles. The predicted molar refractivity (Wildman–Crippen MR) is 58.6 cm³/mol. The summed E-state index contributed by atoms with van der Waals surface area (Å²) in [6, 6.07) is 2.41. The van der Waals surface area contributed by atoms with Crippen LogP contribution >= 0.6 is 15.9 Å². The topological polar surface area (TPSA) is 23.8 Å². The second kappa shape index (κ2) is 5.44. The molecule has 0 amide bonds. The third-order valence-electron chi connectivity index (χ3n) is 2.57. The zero-order valence-corrected chi connectivity index (χ0v) is 9.46. The maximum absolute atomic E-state index is 8.89. The van der Waals surface area contributed by atoms with Crippen molar-refractivity contribution in [3.05, 3.63) is 12.7 Å². The highest BCUT2D eigenvalue weighted by atomic mass is 79.9. The van der Waals surface area contributed by atoms with Gasteiger partial charge in [-0.3, -0.25) is 0 Å². The summed E-state index contributed by atoms with van der Waals surface area (Å²) in [5.41, 5.74) is 0. The van der Waals surface area contributed by atoms with Crippen LogP contribution in [0.2, 0.25) is 0 Å². The molecule has 0 bridgehead atoms. The van der Waals surface area contributed by atoms with Gasteiger partial charge in [0.15, 0.2) is 0 Å². The number of halogens is 1. The molecule has 1 fully saturated rings. The van der Waals surface area contributed by atoms with Crippen LogP contribution in [-0.2, 0) is 0 Å². The SMILES string of the molecule is C=CCC(Br)CCC(C#N)C1CC1. The molecule has 2 atom stereocenters. The normalized spacial score (nSPS) is 20.3. The summed E-state index contributed by atoms with van der Waals surface area (Å²) in [4.78, 5) is 0.514. The van der Waals surface area contributed by atoms with E-state index in [1.54, 1.807) is 0 Å². The minimum absolute atomic E-state index is 0.310. The highest BCUT2D eigenvalue weighted by Gasteiger charge is 2.30. The number of allylic oxidation sites excluding steroid dienone is 1. The van der Waals surface area contributed by atoms with E-state index in [-0.39, 0.29) is 0 Å². The fourth-order valence-electron chi connectivity index (χ4n) is 1.56. The number of hydrogen-bond donors (Lipinski definition) is 0. The van der Waals surface area contributed by atoms with E-state index in [1.807, 2.05) is 6.08 Å². The van der Waals surface area contributed by atoms with Crippen LogP contribution in [0.25, 0.3) is 0 Å². The monoisotopic (exact) mass is 241 g/mol. The molecule has 1 aliphatic carbocycles. The molecule has 0 N–H and O–H groups in total. The largest absolute Gasteiger partial charge is 0.198 e. The molecule has 13 heavy (non-hydrogen) atoms. The van der Waals surface area contributed by atoms with Crippen LogP contribution in [0.15, 0.2) is 12.7 Å². The van der Waals surface area contributed by atoms with Gasteiger partial charge in [-0.1, -0.05) is 22.0 Å². The molecule has 0 saturated heterocycles. The Morgan fingerprint density at radius 3 is 2.69 bits per heavy atom. The van der Waals surface area contributed by atoms with E-state index < -0.39 is 0 Å². The lowest BCUT2D eigenvalue weighted by molar-refractivity contribution is 0.510. The standard InChI is InChI=1S/C11H16BrN/c1-2-3-11(12)7-6-10(8-13)9-4-5-9/h2,9-11H,1,3-7H2. The van der Waals surface area contributed by atoms with E-state index in [9.17, 15) is 0 Å². The Morgan fingerprint density at radius 1 is 1.54 bits per heavy atom. The van der Waals surface area contributed by atoms with E-state index in [4.69, 9.17) is 5.26 Å². The zero-order valence-electron chi connectivity index (χ0n) is 7.88. The minimum atomic E-state index is 0.310. The second-order valence-corrected chi connectivity index (χ2v) is 5.07. The van der Waals surface area contributed by atoms with Crippen LogP contribution in [0.1, 0.15) is 32.1 Å². The first-order valence-electron chi connectivity index (χ1n) is 4.92. The molecule has 0 aromatic carbocycles. The molecule has 0 spiro atoms. The molecule has 1 saturated carbocycles. The van der Waals surface area contributed by atoms with Crippen molar-refractivity contribution < 1.29 is 0 Å². The highest BCUT2D eigenvalue weighted by molar-refractivity contribution is 9.09. The molecule has 0 aromatic heterocycles.